The third kappa shape index (κ3) is 5.42. The maximum atomic E-state index is 11.4. The van der Waals surface area contributed by atoms with E-state index in [1.807, 2.05) is 31.2 Å². The molecule has 0 radical (unpaired) electrons. The second kappa shape index (κ2) is 8.13. The molecule has 0 unspecified atom stereocenters. The van der Waals surface area contributed by atoms with Crippen LogP contribution in [0, 0.1) is 0 Å². The van der Waals surface area contributed by atoms with E-state index < -0.39 is 11.8 Å². The Hall–Kier alpha value is -2.04. The van der Waals surface area contributed by atoms with E-state index >= 15 is 0 Å². The molecule has 0 spiro atoms. The molecule has 0 aliphatic carbocycles. The number of hydrogen-bond acceptors (Lipinski definition) is 3. The molecule has 104 valence electrons. The second-order valence-corrected chi connectivity index (χ2v) is 4.11. The summed E-state index contributed by atoms with van der Waals surface area (Å²) in [7, 11) is 1.62. The number of ether oxygens (including phenoxy) is 1. The van der Waals surface area contributed by atoms with Crippen LogP contribution in [0.4, 0.5) is 0 Å². The number of nitrogens with one attached hydrogen (secondary N) is 2. The van der Waals surface area contributed by atoms with Gasteiger partial charge in [-0.2, -0.15) is 0 Å². The van der Waals surface area contributed by atoms with E-state index in [4.69, 9.17) is 4.74 Å². The Labute approximate surface area is 113 Å². The van der Waals surface area contributed by atoms with Crippen molar-refractivity contribution in [3.63, 3.8) is 0 Å². The predicted molar refractivity (Wildman–Crippen MR) is 73.0 cm³/mol. The molecule has 2 amide bonds. The largest absolute Gasteiger partial charge is 0.497 e. The monoisotopic (exact) mass is 264 g/mol. The smallest absolute Gasteiger partial charge is 0.309 e. The van der Waals surface area contributed by atoms with Crippen LogP contribution < -0.4 is 15.4 Å². The van der Waals surface area contributed by atoms with Crippen molar-refractivity contribution in [3.05, 3.63) is 29.8 Å². The zero-order chi connectivity index (χ0) is 14.1. The van der Waals surface area contributed by atoms with Gasteiger partial charge in [0, 0.05) is 13.1 Å². The molecule has 0 fully saturated rings. The summed E-state index contributed by atoms with van der Waals surface area (Å²) in [5.74, 6) is -0.356. The minimum atomic E-state index is -0.582. The third-order valence-electron chi connectivity index (χ3n) is 2.60. The molecule has 0 aromatic heterocycles. The van der Waals surface area contributed by atoms with E-state index in [2.05, 4.69) is 10.6 Å². The molecule has 0 saturated carbocycles. The SMILES string of the molecule is CCCNC(=O)C(=O)NCCc1ccc(OC)cc1. The van der Waals surface area contributed by atoms with Crippen LogP contribution in [0.15, 0.2) is 24.3 Å². The summed E-state index contributed by atoms with van der Waals surface area (Å²) in [4.78, 5) is 22.7. The van der Waals surface area contributed by atoms with E-state index in [0.717, 1.165) is 17.7 Å². The van der Waals surface area contributed by atoms with Crippen LogP contribution in [-0.2, 0) is 16.0 Å². The standard InChI is InChI=1S/C14H20N2O3/c1-3-9-15-13(17)14(18)16-10-8-11-4-6-12(19-2)7-5-11/h4-7H,3,8-10H2,1-2H3,(H,15,17)(H,16,18). The summed E-state index contributed by atoms with van der Waals surface area (Å²) in [6.07, 6.45) is 1.49. The molecular formula is C14H20N2O3. The van der Waals surface area contributed by atoms with Crippen molar-refractivity contribution >= 4 is 11.8 Å². The topological polar surface area (TPSA) is 67.4 Å². The number of rotatable bonds is 6. The van der Waals surface area contributed by atoms with Crippen LogP contribution in [0.2, 0.25) is 0 Å². The molecular weight excluding hydrogens is 244 g/mol. The van der Waals surface area contributed by atoms with Gasteiger partial charge in [0.1, 0.15) is 5.75 Å². The first-order chi connectivity index (χ1) is 9.17. The highest BCUT2D eigenvalue weighted by Gasteiger charge is 2.11. The van der Waals surface area contributed by atoms with Crippen LogP contribution >= 0.6 is 0 Å². The Bertz CT molecular complexity index is 415. The van der Waals surface area contributed by atoms with Gasteiger partial charge in [-0.1, -0.05) is 19.1 Å². The molecule has 1 rings (SSSR count). The predicted octanol–water partition coefficient (Wildman–Crippen LogP) is 0.880. The van der Waals surface area contributed by atoms with Gasteiger partial charge in [0.15, 0.2) is 0 Å². The molecule has 0 atom stereocenters. The number of hydrogen-bond donors (Lipinski definition) is 2. The van der Waals surface area contributed by atoms with Gasteiger partial charge in [0.25, 0.3) is 0 Å². The van der Waals surface area contributed by atoms with Gasteiger partial charge in [-0.05, 0) is 30.5 Å². The van der Waals surface area contributed by atoms with Gasteiger partial charge >= 0.3 is 11.8 Å². The summed E-state index contributed by atoms with van der Waals surface area (Å²) in [6, 6.07) is 7.60. The number of methoxy groups -OCH3 is 1. The normalized spacial score (nSPS) is 9.79. The van der Waals surface area contributed by atoms with E-state index in [1.165, 1.54) is 0 Å². The Kier molecular flexibility index (Phi) is 6.43. The van der Waals surface area contributed by atoms with E-state index in [9.17, 15) is 9.59 Å². The molecule has 2 N–H and O–H groups in total. The fourth-order valence-electron chi connectivity index (χ4n) is 1.51. The third-order valence-corrected chi connectivity index (χ3v) is 2.60. The van der Waals surface area contributed by atoms with Gasteiger partial charge in [0.05, 0.1) is 7.11 Å². The molecule has 1 aromatic rings. The number of amides is 2. The van der Waals surface area contributed by atoms with Crippen LogP contribution in [0.5, 0.6) is 5.75 Å². The van der Waals surface area contributed by atoms with Crippen molar-refractivity contribution in [2.75, 3.05) is 20.2 Å². The molecule has 19 heavy (non-hydrogen) atoms. The van der Waals surface area contributed by atoms with Crippen molar-refractivity contribution in [2.45, 2.75) is 19.8 Å². The van der Waals surface area contributed by atoms with Crippen LogP contribution in [0.1, 0.15) is 18.9 Å². The van der Waals surface area contributed by atoms with Crippen LogP contribution in [0.3, 0.4) is 0 Å². The lowest BCUT2D eigenvalue weighted by Crippen LogP contribution is -2.40. The molecule has 1 aromatic carbocycles. The molecule has 5 heteroatoms. The summed E-state index contributed by atoms with van der Waals surface area (Å²) in [5.41, 5.74) is 1.08. The molecule has 5 nitrogen and oxygen atoms in total. The van der Waals surface area contributed by atoms with Crippen molar-refractivity contribution in [3.8, 4) is 5.75 Å². The van der Waals surface area contributed by atoms with Gasteiger partial charge in [-0.25, -0.2) is 0 Å². The quantitative estimate of drug-likeness (QED) is 0.750. The zero-order valence-electron chi connectivity index (χ0n) is 11.4. The summed E-state index contributed by atoms with van der Waals surface area (Å²) >= 11 is 0. The van der Waals surface area contributed by atoms with Crippen LogP contribution in [0.25, 0.3) is 0 Å². The molecule has 0 saturated heterocycles. The second-order valence-electron chi connectivity index (χ2n) is 4.11. The highest BCUT2D eigenvalue weighted by Crippen LogP contribution is 2.11. The highest BCUT2D eigenvalue weighted by molar-refractivity contribution is 6.35. The van der Waals surface area contributed by atoms with Crippen molar-refractivity contribution in [2.24, 2.45) is 0 Å². The van der Waals surface area contributed by atoms with E-state index in [1.54, 1.807) is 7.11 Å². The first kappa shape index (κ1) is 15.0. The summed E-state index contributed by atoms with van der Waals surface area (Å²) in [6.45, 7) is 2.89. The fraction of sp³-hybridized carbons (Fsp3) is 0.429. The lowest BCUT2D eigenvalue weighted by atomic mass is 10.1. The fourth-order valence-corrected chi connectivity index (χ4v) is 1.51. The first-order valence-corrected chi connectivity index (χ1v) is 6.36. The first-order valence-electron chi connectivity index (χ1n) is 6.36. The maximum Gasteiger partial charge on any atom is 0.309 e. The molecule has 0 aliphatic rings. The Balaban J connectivity index is 2.29. The Morgan fingerprint density at radius 2 is 1.63 bits per heavy atom. The average Bonchev–Trinajstić information content (AvgIpc) is 2.45. The lowest BCUT2D eigenvalue weighted by Gasteiger charge is -2.06. The van der Waals surface area contributed by atoms with E-state index in [0.29, 0.717) is 19.5 Å². The molecule has 0 heterocycles. The Morgan fingerprint density at radius 1 is 1.05 bits per heavy atom. The minimum absolute atomic E-state index is 0.435. The number of benzene rings is 1. The molecule has 0 bridgehead atoms. The van der Waals surface area contributed by atoms with Gasteiger partial charge in [0.2, 0.25) is 0 Å². The van der Waals surface area contributed by atoms with Gasteiger partial charge < -0.3 is 15.4 Å². The number of carbonyl (C=O) groups excluding carboxylic acids is 2. The number of carbonyl (C=O) groups is 2. The lowest BCUT2D eigenvalue weighted by molar-refractivity contribution is -0.139. The minimum Gasteiger partial charge on any atom is -0.497 e. The zero-order valence-corrected chi connectivity index (χ0v) is 11.4. The Morgan fingerprint density at radius 3 is 2.16 bits per heavy atom. The van der Waals surface area contributed by atoms with Crippen molar-refractivity contribution in [1.29, 1.82) is 0 Å². The van der Waals surface area contributed by atoms with E-state index in [-0.39, 0.29) is 0 Å². The van der Waals surface area contributed by atoms with Crippen molar-refractivity contribution < 1.29 is 14.3 Å². The summed E-state index contributed by atoms with van der Waals surface area (Å²) < 4.78 is 5.06. The maximum absolute atomic E-state index is 11.4. The highest BCUT2D eigenvalue weighted by atomic mass is 16.5. The summed E-state index contributed by atoms with van der Waals surface area (Å²) in [5, 5.41) is 5.11. The molecule has 0 aliphatic heterocycles. The van der Waals surface area contributed by atoms with Gasteiger partial charge in [-0.15, -0.1) is 0 Å². The van der Waals surface area contributed by atoms with Crippen molar-refractivity contribution in [1.82, 2.24) is 10.6 Å². The van der Waals surface area contributed by atoms with Gasteiger partial charge in [-0.3, -0.25) is 9.59 Å². The average molecular weight is 264 g/mol. The van der Waals surface area contributed by atoms with Crippen LogP contribution in [-0.4, -0.2) is 32.0 Å².